The van der Waals surface area contributed by atoms with Crippen LogP contribution in [0.2, 0.25) is 10.0 Å². The molecule has 0 radical (unpaired) electrons. The molecule has 10 rings (SSSR count). The molecule has 0 unspecified atom stereocenters. The van der Waals surface area contributed by atoms with Gasteiger partial charge in [0.15, 0.2) is 0 Å². The molecule has 0 spiro atoms. The second-order valence-corrected chi connectivity index (χ2v) is 19.2. The summed E-state index contributed by atoms with van der Waals surface area (Å²) in [6.07, 6.45) is 0. The Morgan fingerprint density at radius 1 is 0.264 bits per heavy atom. The van der Waals surface area contributed by atoms with Crippen LogP contribution in [0, 0.1) is 0 Å². The Labute approximate surface area is 434 Å². The molecule has 0 saturated heterocycles. The number of halogens is 2. The molecule has 10 aromatic rings. The van der Waals surface area contributed by atoms with Gasteiger partial charge in [0.2, 0.25) is 0 Å². The van der Waals surface area contributed by atoms with Gasteiger partial charge in [-0.25, -0.2) is 0 Å². The van der Waals surface area contributed by atoms with Crippen molar-refractivity contribution in [3.05, 3.63) is 344 Å². The van der Waals surface area contributed by atoms with Crippen LogP contribution in [-0.4, -0.2) is 11.4 Å². The van der Waals surface area contributed by atoms with E-state index in [0.29, 0.717) is 10.0 Å². The summed E-state index contributed by atoms with van der Waals surface area (Å²) in [4.78, 5) is 11.7. The quantitative estimate of drug-likeness (QED) is 0.0722. The Balaban J connectivity index is 1.26. The molecule has 350 valence electrons. The number of aliphatic imine (C=N–C) groups is 2. The van der Waals surface area contributed by atoms with Crippen LogP contribution >= 0.6 is 23.2 Å². The van der Waals surface area contributed by atoms with E-state index in [1.807, 2.05) is 0 Å². The average molecular weight is 970 g/mol. The SMILES string of the molecule is CC(=Nc1c(C(c2ccccc2)c2ccccc2)cc(Cl)cc1C(c1ccccc1)c1ccccc1)C(C)=Nc1c(C(c2ccccc2)c2ccccc2)cc(Cl)cc1C(c1ccccc1)c1ccccc1. The second kappa shape index (κ2) is 22.5. The Morgan fingerprint density at radius 2 is 0.417 bits per heavy atom. The van der Waals surface area contributed by atoms with Crippen molar-refractivity contribution in [2.45, 2.75) is 37.5 Å². The van der Waals surface area contributed by atoms with Gasteiger partial charge in [-0.3, -0.25) is 9.98 Å². The lowest BCUT2D eigenvalue weighted by molar-refractivity contribution is 0.937. The standard InChI is InChI=1S/C68H54Cl2N2/c1-47(71-67-59(63(49-27-11-3-12-28-49)50-29-13-4-14-30-50)43-57(69)44-60(67)64(51-31-15-5-16-32-51)52-33-17-6-18-34-52)48(2)72-68-61(65(53-35-19-7-20-36-53)54-37-21-8-22-38-54)45-58(70)46-62(68)66(55-39-23-9-24-40-55)56-41-25-10-26-42-56/h3-46,63-66H,1-2H3. The maximum atomic E-state index is 7.39. The van der Waals surface area contributed by atoms with Crippen molar-refractivity contribution in [3.63, 3.8) is 0 Å². The van der Waals surface area contributed by atoms with E-state index in [9.17, 15) is 0 Å². The molecular weight excluding hydrogens is 916 g/mol. The fraction of sp³-hybridized carbons (Fsp3) is 0.0882. The minimum atomic E-state index is -0.190. The van der Waals surface area contributed by atoms with Gasteiger partial charge in [-0.2, -0.15) is 0 Å². The smallest absolute Gasteiger partial charge is 0.0717 e. The van der Waals surface area contributed by atoms with Gasteiger partial charge < -0.3 is 0 Å². The summed E-state index contributed by atoms with van der Waals surface area (Å²) < 4.78 is 0. The van der Waals surface area contributed by atoms with Crippen molar-refractivity contribution < 1.29 is 0 Å². The summed E-state index contributed by atoms with van der Waals surface area (Å²) in [6, 6.07) is 93.9. The van der Waals surface area contributed by atoms with Crippen molar-refractivity contribution in [1.82, 2.24) is 0 Å². The van der Waals surface area contributed by atoms with Crippen molar-refractivity contribution in [3.8, 4) is 0 Å². The molecule has 0 saturated carbocycles. The van der Waals surface area contributed by atoms with E-state index in [2.05, 4.69) is 281 Å². The van der Waals surface area contributed by atoms with Crippen molar-refractivity contribution in [1.29, 1.82) is 0 Å². The van der Waals surface area contributed by atoms with Gasteiger partial charge in [0.1, 0.15) is 0 Å². The first-order valence-corrected chi connectivity index (χ1v) is 25.3. The minimum absolute atomic E-state index is 0.190. The van der Waals surface area contributed by atoms with E-state index in [1.54, 1.807) is 0 Å². The molecule has 0 aliphatic carbocycles. The molecule has 0 bridgehead atoms. The molecule has 0 fully saturated rings. The Kier molecular flexibility index (Phi) is 14.9. The van der Waals surface area contributed by atoms with E-state index in [-0.39, 0.29) is 23.7 Å². The first-order valence-electron chi connectivity index (χ1n) is 24.6. The first-order chi connectivity index (χ1) is 35.4. The lowest BCUT2D eigenvalue weighted by atomic mass is 9.79. The zero-order valence-corrected chi connectivity index (χ0v) is 41.9. The minimum Gasteiger partial charge on any atom is -0.251 e. The van der Waals surface area contributed by atoms with Crippen LogP contribution < -0.4 is 0 Å². The first kappa shape index (κ1) is 47.8. The third-order valence-electron chi connectivity index (χ3n) is 13.7. The van der Waals surface area contributed by atoms with Gasteiger partial charge >= 0.3 is 0 Å². The van der Waals surface area contributed by atoms with Gasteiger partial charge in [-0.15, -0.1) is 0 Å². The van der Waals surface area contributed by atoms with Gasteiger partial charge in [-0.1, -0.05) is 266 Å². The summed E-state index contributed by atoms with van der Waals surface area (Å²) in [7, 11) is 0. The van der Waals surface area contributed by atoms with E-state index in [1.165, 1.54) is 0 Å². The van der Waals surface area contributed by atoms with Gasteiger partial charge in [0.25, 0.3) is 0 Å². The second-order valence-electron chi connectivity index (χ2n) is 18.3. The molecule has 72 heavy (non-hydrogen) atoms. The number of hydrogen-bond donors (Lipinski definition) is 0. The third kappa shape index (κ3) is 10.6. The highest BCUT2D eigenvalue weighted by molar-refractivity contribution is 6.41. The topological polar surface area (TPSA) is 24.7 Å². The van der Waals surface area contributed by atoms with Crippen molar-refractivity contribution in [2.75, 3.05) is 0 Å². The van der Waals surface area contributed by atoms with Crippen LogP contribution in [0.15, 0.2) is 277 Å². The zero-order valence-electron chi connectivity index (χ0n) is 40.4. The molecule has 0 N–H and O–H groups in total. The van der Waals surface area contributed by atoms with Crippen LogP contribution in [0.4, 0.5) is 11.4 Å². The number of rotatable bonds is 15. The Hall–Kier alpha value is -7.88. The van der Waals surface area contributed by atoms with E-state index in [4.69, 9.17) is 33.2 Å². The molecule has 0 aliphatic heterocycles. The largest absolute Gasteiger partial charge is 0.251 e. The lowest BCUT2D eigenvalue weighted by Gasteiger charge is -2.27. The molecule has 0 aliphatic rings. The van der Waals surface area contributed by atoms with Crippen LogP contribution in [-0.2, 0) is 0 Å². The average Bonchev–Trinajstić information content (AvgIpc) is 3.43. The molecular formula is C68H54Cl2N2. The summed E-state index contributed by atoms with van der Waals surface area (Å²) in [6.45, 7) is 4.18. The number of benzene rings is 10. The molecule has 0 amide bonds. The lowest BCUT2D eigenvalue weighted by Crippen LogP contribution is -2.12. The summed E-state index contributed by atoms with van der Waals surface area (Å²) in [5.74, 6) is -0.758. The Bertz CT molecular complexity index is 2820. The zero-order chi connectivity index (χ0) is 49.2. The van der Waals surface area contributed by atoms with Gasteiger partial charge in [0, 0.05) is 33.7 Å². The molecule has 0 heterocycles. The molecule has 4 heteroatoms. The summed E-state index contributed by atoms with van der Waals surface area (Å²) >= 11 is 14.8. The highest BCUT2D eigenvalue weighted by Crippen LogP contribution is 2.48. The number of nitrogens with zero attached hydrogens (tertiary/aromatic N) is 2. The molecule has 2 nitrogen and oxygen atoms in total. The predicted molar refractivity (Wildman–Crippen MR) is 304 cm³/mol. The van der Waals surface area contributed by atoms with E-state index >= 15 is 0 Å². The monoisotopic (exact) mass is 968 g/mol. The van der Waals surface area contributed by atoms with E-state index in [0.717, 1.165) is 89.6 Å². The fourth-order valence-electron chi connectivity index (χ4n) is 10.3. The van der Waals surface area contributed by atoms with Crippen molar-refractivity contribution >= 4 is 46.0 Å². The molecule has 0 atom stereocenters. The van der Waals surface area contributed by atoms with Crippen LogP contribution in [0.1, 0.15) is 104 Å². The molecule has 0 aromatic heterocycles. The van der Waals surface area contributed by atoms with E-state index < -0.39 is 0 Å². The summed E-state index contributed by atoms with van der Waals surface area (Å²) in [5.41, 5.74) is 16.4. The summed E-state index contributed by atoms with van der Waals surface area (Å²) in [5, 5.41) is 1.29. The van der Waals surface area contributed by atoms with Gasteiger partial charge in [-0.05, 0) is 105 Å². The van der Waals surface area contributed by atoms with Crippen LogP contribution in [0.5, 0.6) is 0 Å². The van der Waals surface area contributed by atoms with Crippen LogP contribution in [0.3, 0.4) is 0 Å². The van der Waals surface area contributed by atoms with Gasteiger partial charge in [0.05, 0.1) is 22.8 Å². The normalized spacial score (nSPS) is 12.0. The highest BCUT2D eigenvalue weighted by Gasteiger charge is 2.30. The Morgan fingerprint density at radius 3 is 0.569 bits per heavy atom. The van der Waals surface area contributed by atoms with Crippen LogP contribution in [0.25, 0.3) is 0 Å². The third-order valence-corrected chi connectivity index (χ3v) is 14.1. The maximum absolute atomic E-state index is 7.39. The predicted octanol–water partition coefficient (Wildman–Crippen LogP) is 18.6. The highest BCUT2D eigenvalue weighted by atomic mass is 35.5. The van der Waals surface area contributed by atoms with Crippen molar-refractivity contribution in [2.24, 2.45) is 9.98 Å². The maximum Gasteiger partial charge on any atom is 0.0717 e. The molecule has 10 aromatic carbocycles. The fourth-order valence-corrected chi connectivity index (χ4v) is 10.8. The number of hydrogen-bond acceptors (Lipinski definition) is 2.